The number of rotatable bonds is 2. The Morgan fingerprint density at radius 2 is 2.55 bits per heavy atom. The first-order valence-corrected chi connectivity index (χ1v) is 3.43. The molecule has 11 heavy (non-hydrogen) atoms. The molecule has 0 aromatic heterocycles. The van der Waals surface area contributed by atoms with Gasteiger partial charge in [0.25, 0.3) is 0 Å². The van der Waals surface area contributed by atoms with Crippen molar-refractivity contribution in [3.8, 4) is 0 Å². The minimum absolute atomic E-state index is 0.390. The van der Waals surface area contributed by atoms with E-state index in [0.29, 0.717) is 0 Å². The minimum atomic E-state index is -0.720. The molecule has 3 nitrogen and oxygen atoms in total. The first kappa shape index (κ1) is 8.01. The van der Waals surface area contributed by atoms with E-state index in [1.54, 1.807) is 25.2 Å². The molecule has 0 aromatic rings. The normalized spacial score (nSPS) is 26.0. The van der Waals surface area contributed by atoms with E-state index < -0.39 is 18.2 Å². The molecule has 1 aliphatic heterocycles. The average molecular weight is 154 g/mol. The molecule has 0 radical (unpaired) electrons. The molecule has 0 aromatic carbocycles. The van der Waals surface area contributed by atoms with Gasteiger partial charge in [-0.2, -0.15) is 0 Å². The van der Waals surface area contributed by atoms with Gasteiger partial charge in [0, 0.05) is 6.08 Å². The van der Waals surface area contributed by atoms with Crippen LogP contribution in [0.15, 0.2) is 24.3 Å². The van der Waals surface area contributed by atoms with Crippen LogP contribution in [0, 0.1) is 0 Å². The summed E-state index contributed by atoms with van der Waals surface area (Å²) in [6.07, 6.45) is 4.93. The van der Waals surface area contributed by atoms with Crippen molar-refractivity contribution in [1.82, 2.24) is 0 Å². The third-order valence-electron chi connectivity index (χ3n) is 1.40. The summed E-state index contributed by atoms with van der Waals surface area (Å²) in [5.41, 5.74) is 0. The Morgan fingerprint density at radius 3 is 3.00 bits per heavy atom. The first-order chi connectivity index (χ1) is 5.24. The van der Waals surface area contributed by atoms with E-state index in [4.69, 9.17) is 4.74 Å². The second kappa shape index (κ2) is 3.34. The predicted octanol–water partition coefficient (Wildman–Crippen LogP) is 0.405. The van der Waals surface area contributed by atoms with Crippen LogP contribution < -0.4 is 0 Å². The summed E-state index contributed by atoms with van der Waals surface area (Å²) >= 11 is 0. The zero-order valence-electron chi connectivity index (χ0n) is 6.23. The largest absolute Gasteiger partial charge is 0.452 e. The molecular formula is C8H10O3. The second-order valence-corrected chi connectivity index (χ2v) is 2.28. The van der Waals surface area contributed by atoms with Crippen LogP contribution in [-0.4, -0.2) is 23.3 Å². The number of hydrogen-bond acceptors (Lipinski definition) is 3. The van der Waals surface area contributed by atoms with Gasteiger partial charge in [-0.3, -0.25) is 0 Å². The number of aliphatic hydroxyl groups is 1. The number of carbonyl (C=O) groups excluding carboxylic acids is 1. The molecule has 3 heteroatoms. The Balaban J connectivity index is 2.50. The Morgan fingerprint density at radius 1 is 1.82 bits per heavy atom. The third kappa shape index (κ3) is 1.91. The van der Waals surface area contributed by atoms with E-state index in [1.807, 2.05) is 0 Å². The molecule has 2 atom stereocenters. The maximum atomic E-state index is 10.5. The summed E-state index contributed by atoms with van der Waals surface area (Å²) in [7, 11) is 0. The zero-order chi connectivity index (χ0) is 8.27. The van der Waals surface area contributed by atoms with Crippen molar-refractivity contribution in [3.05, 3.63) is 24.3 Å². The number of allylic oxidation sites excluding steroid dienone is 1. The number of esters is 1. The van der Waals surface area contributed by atoms with Crippen LogP contribution in [0.5, 0.6) is 0 Å². The molecule has 0 saturated heterocycles. The average Bonchev–Trinajstić information content (AvgIpc) is 2.36. The number of aliphatic hydroxyl groups excluding tert-OH is 1. The van der Waals surface area contributed by atoms with E-state index in [0.717, 1.165) is 0 Å². The quantitative estimate of drug-likeness (QED) is 0.462. The molecule has 0 amide bonds. The molecule has 0 saturated carbocycles. The molecule has 1 heterocycles. The van der Waals surface area contributed by atoms with Gasteiger partial charge in [-0.15, -0.1) is 0 Å². The summed E-state index contributed by atoms with van der Waals surface area (Å²) in [6, 6.07) is 0. The summed E-state index contributed by atoms with van der Waals surface area (Å²) in [4.78, 5) is 10.5. The monoisotopic (exact) mass is 154 g/mol. The lowest BCUT2D eigenvalue weighted by Crippen LogP contribution is -2.23. The minimum Gasteiger partial charge on any atom is -0.452 e. The fraction of sp³-hybridized carbons (Fsp3) is 0.375. The van der Waals surface area contributed by atoms with Crippen LogP contribution in [0.25, 0.3) is 0 Å². The summed E-state index contributed by atoms with van der Waals surface area (Å²) in [5.74, 6) is -0.390. The molecule has 1 aliphatic rings. The summed E-state index contributed by atoms with van der Waals surface area (Å²) in [6.45, 7) is 1.80. The van der Waals surface area contributed by atoms with Crippen LogP contribution >= 0.6 is 0 Å². The lowest BCUT2D eigenvalue weighted by Gasteiger charge is -2.11. The van der Waals surface area contributed by atoms with Crippen molar-refractivity contribution in [3.63, 3.8) is 0 Å². The number of ether oxygens (including phenoxy) is 1. The molecule has 0 spiro atoms. The van der Waals surface area contributed by atoms with Gasteiger partial charge in [0.1, 0.15) is 6.10 Å². The van der Waals surface area contributed by atoms with E-state index in [2.05, 4.69) is 0 Å². The van der Waals surface area contributed by atoms with E-state index in [-0.39, 0.29) is 0 Å². The molecular weight excluding hydrogens is 144 g/mol. The van der Waals surface area contributed by atoms with Crippen LogP contribution in [-0.2, 0) is 9.53 Å². The molecule has 0 fully saturated rings. The van der Waals surface area contributed by atoms with Gasteiger partial charge < -0.3 is 9.84 Å². The van der Waals surface area contributed by atoms with Gasteiger partial charge in [0.15, 0.2) is 6.10 Å². The lowest BCUT2D eigenvalue weighted by molar-refractivity contribution is -0.141. The second-order valence-electron chi connectivity index (χ2n) is 2.28. The highest BCUT2D eigenvalue weighted by molar-refractivity contribution is 5.84. The molecule has 2 unspecified atom stereocenters. The zero-order valence-corrected chi connectivity index (χ0v) is 6.23. The van der Waals surface area contributed by atoms with Crippen molar-refractivity contribution < 1.29 is 14.6 Å². The highest BCUT2D eigenvalue weighted by Gasteiger charge is 2.22. The Kier molecular flexibility index (Phi) is 2.44. The smallest absolute Gasteiger partial charge is 0.331 e. The van der Waals surface area contributed by atoms with Gasteiger partial charge in [-0.1, -0.05) is 12.2 Å². The molecule has 1 rings (SSSR count). The van der Waals surface area contributed by atoms with Crippen molar-refractivity contribution in [2.24, 2.45) is 0 Å². The molecule has 0 aliphatic carbocycles. The Labute approximate surface area is 65.0 Å². The SMILES string of the molecule is CC=CC(O)C1C=CC(=O)O1. The number of carbonyl (C=O) groups is 1. The highest BCUT2D eigenvalue weighted by atomic mass is 16.6. The van der Waals surface area contributed by atoms with Crippen molar-refractivity contribution in [2.45, 2.75) is 19.1 Å². The van der Waals surface area contributed by atoms with Crippen molar-refractivity contribution >= 4 is 5.97 Å². The summed E-state index contributed by atoms with van der Waals surface area (Å²) < 4.78 is 4.72. The van der Waals surface area contributed by atoms with Crippen molar-refractivity contribution in [1.29, 1.82) is 0 Å². The Hall–Kier alpha value is -1.09. The lowest BCUT2D eigenvalue weighted by atomic mass is 10.2. The van der Waals surface area contributed by atoms with Gasteiger partial charge in [-0.25, -0.2) is 4.79 Å². The van der Waals surface area contributed by atoms with Crippen LogP contribution in [0.4, 0.5) is 0 Å². The molecule has 0 bridgehead atoms. The van der Waals surface area contributed by atoms with Crippen LogP contribution in [0.1, 0.15) is 6.92 Å². The standard InChI is InChI=1S/C8H10O3/c1-2-3-6(9)7-4-5-8(10)11-7/h2-7,9H,1H3. The predicted molar refractivity (Wildman–Crippen MR) is 39.8 cm³/mol. The van der Waals surface area contributed by atoms with E-state index in [9.17, 15) is 9.90 Å². The van der Waals surface area contributed by atoms with Gasteiger partial charge in [0.2, 0.25) is 0 Å². The topological polar surface area (TPSA) is 46.5 Å². The maximum Gasteiger partial charge on any atom is 0.331 e. The van der Waals surface area contributed by atoms with Gasteiger partial charge >= 0.3 is 5.97 Å². The Bertz CT molecular complexity index is 205. The van der Waals surface area contributed by atoms with E-state index in [1.165, 1.54) is 6.08 Å². The maximum absolute atomic E-state index is 10.5. The number of cyclic esters (lactones) is 1. The van der Waals surface area contributed by atoms with Crippen LogP contribution in [0.2, 0.25) is 0 Å². The third-order valence-corrected chi connectivity index (χ3v) is 1.40. The first-order valence-electron chi connectivity index (χ1n) is 3.43. The van der Waals surface area contributed by atoms with Crippen LogP contribution in [0.3, 0.4) is 0 Å². The summed E-state index contributed by atoms with van der Waals surface area (Å²) in [5, 5.41) is 9.25. The fourth-order valence-corrected chi connectivity index (χ4v) is 0.876. The number of hydrogen-bond donors (Lipinski definition) is 1. The fourth-order valence-electron chi connectivity index (χ4n) is 0.876. The van der Waals surface area contributed by atoms with Gasteiger partial charge in [0.05, 0.1) is 0 Å². The van der Waals surface area contributed by atoms with Gasteiger partial charge in [-0.05, 0) is 13.0 Å². The highest BCUT2D eigenvalue weighted by Crippen LogP contribution is 2.09. The molecule has 1 N–H and O–H groups in total. The van der Waals surface area contributed by atoms with Crippen molar-refractivity contribution in [2.75, 3.05) is 0 Å². The van der Waals surface area contributed by atoms with E-state index >= 15 is 0 Å². The molecule has 60 valence electrons.